The Labute approximate surface area is 141 Å². The molecule has 0 radical (unpaired) electrons. The van der Waals surface area contributed by atoms with Gasteiger partial charge < -0.3 is 5.73 Å². The van der Waals surface area contributed by atoms with E-state index in [0.29, 0.717) is 4.47 Å². The molecule has 0 saturated carbocycles. The van der Waals surface area contributed by atoms with E-state index in [2.05, 4.69) is 41.3 Å². The Morgan fingerprint density at radius 3 is 2.29 bits per heavy atom. The van der Waals surface area contributed by atoms with E-state index in [1.165, 1.54) is 6.07 Å². The van der Waals surface area contributed by atoms with Crippen molar-refractivity contribution in [3.63, 3.8) is 0 Å². The second-order valence-electron chi connectivity index (χ2n) is 4.02. The van der Waals surface area contributed by atoms with Crippen LogP contribution in [-0.2, 0) is 20.0 Å². The number of nitrogens with one attached hydrogen (secondary N) is 2. The molecule has 0 atom stereocenters. The van der Waals surface area contributed by atoms with Crippen LogP contribution in [0.5, 0.6) is 0 Å². The van der Waals surface area contributed by atoms with Crippen LogP contribution in [0.1, 0.15) is 6.92 Å². The summed E-state index contributed by atoms with van der Waals surface area (Å²) in [6, 6.07) is 3.00. The molecule has 0 spiro atoms. The molecule has 0 aromatic heterocycles. The minimum atomic E-state index is -3.91. The molecule has 0 bridgehead atoms. The zero-order valence-electron chi connectivity index (χ0n) is 11.1. The Hall–Kier alpha value is -0.200. The summed E-state index contributed by atoms with van der Waals surface area (Å²) >= 11 is 6.33. The number of sulfonamides is 2. The number of nitrogen functional groups attached to an aromatic ring is 1. The van der Waals surface area contributed by atoms with Crippen LogP contribution in [0, 0.1) is 0 Å². The molecule has 0 aliphatic rings. The van der Waals surface area contributed by atoms with Crippen LogP contribution in [0.2, 0.25) is 0 Å². The highest BCUT2D eigenvalue weighted by molar-refractivity contribution is 9.11. The predicted molar refractivity (Wildman–Crippen MR) is 88.9 cm³/mol. The first-order chi connectivity index (χ1) is 9.59. The Morgan fingerprint density at radius 1 is 1.14 bits per heavy atom. The second-order valence-corrected chi connectivity index (χ2v) is 9.42. The molecule has 1 aromatic carbocycles. The first kappa shape index (κ1) is 18.8. The van der Waals surface area contributed by atoms with Crippen LogP contribution in [0.15, 0.2) is 26.0 Å². The maximum atomic E-state index is 12.2. The molecule has 0 amide bonds. The van der Waals surface area contributed by atoms with Crippen molar-refractivity contribution in [2.45, 2.75) is 11.8 Å². The molecule has 0 fully saturated rings. The molecule has 120 valence electrons. The summed E-state index contributed by atoms with van der Waals surface area (Å²) in [6.45, 7) is 1.64. The molecule has 4 N–H and O–H groups in total. The van der Waals surface area contributed by atoms with Crippen molar-refractivity contribution < 1.29 is 16.8 Å². The van der Waals surface area contributed by atoms with E-state index in [9.17, 15) is 16.8 Å². The van der Waals surface area contributed by atoms with Crippen molar-refractivity contribution in [2.75, 3.05) is 24.6 Å². The van der Waals surface area contributed by atoms with Gasteiger partial charge in [-0.15, -0.1) is 0 Å². The third kappa shape index (κ3) is 5.49. The maximum Gasteiger partial charge on any atom is 0.243 e. The van der Waals surface area contributed by atoms with Gasteiger partial charge >= 0.3 is 0 Å². The molecule has 0 aliphatic heterocycles. The lowest BCUT2D eigenvalue weighted by Gasteiger charge is -2.11. The second kappa shape index (κ2) is 7.38. The standard InChI is InChI=1S/C10H15Br2N3O4S2/c1-2-14-20(16,17)4-3-15-21(18,19)10-8(12)5-7(11)6-9(10)13/h5-6,14-15H,2-4,13H2,1H3. The van der Waals surface area contributed by atoms with Gasteiger partial charge in [-0.1, -0.05) is 22.9 Å². The molecule has 0 saturated heterocycles. The molecule has 0 aliphatic carbocycles. The molecular formula is C10H15Br2N3O4S2. The van der Waals surface area contributed by atoms with Gasteiger partial charge in [-0.3, -0.25) is 0 Å². The maximum absolute atomic E-state index is 12.2. The highest BCUT2D eigenvalue weighted by Gasteiger charge is 2.22. The summed E-state index contributed by atoms with van der Waals surface area (Å²) in [6.07, 6.45) is 0. The number of hydrogen-bond acceptors (Lipinski definition) is 5. The lowest BCUT2D eigenvalue weighted by molar-refractivity contribution is 0.576. The highest BCUT2D eigenvalue weighted by Crippen LogP contribution is 2.31. The zero-order valence-corrected chi connectivity index (χ0v) is 15.9. The Kier molecular flexibility index (Phi) is 6.62. The van der Waals surface area contributed by atoms with Gasteiger partial charge in [0.15, 0.2) is 0 Å². The van der Waals surface area contributed by atoms with Crippen LogP contribution < -0.4 is 15.2 Å². The first-order valence-corrected chi connectivity index (χ1v) is 10.5. The summed E-state index contributed by atoms with van der Waals surface area (Å²) in [7, 11) is -7.40. The van der Waals surface area contributed by atoms with Gasteiger partial charge in [-0.25, -0.2) is 26.3 Å². The van der Waals surface area contributed by atoms with Crippen LogP contribution in [0.3, 0.4) is 0 Å². The summed E-state index contributed by atoms with van der Waals surface area (Å²) in [5.41, 5.74) is 5.76. The van der Waals surface area contributed by atoms with E-state index < -0.39 is 20.0 Å². The quantitative estimate of drug-likeness (QED) is 0.520. The minimum Gasteiger partial charge on any atom is -0.398 e. The Morgan fingerprint density at radius 2 is 1.76 bits per heavy atom. The Bertz CT molecular complexity index is 697. The van der Waals surface area contributed by atoms with E-state index in [1.54, 1.807) is 13.0 Å². The monoisotopic (exact) mass is 463 g/mol. The molecule has 1 aromatic rings. The topological polar surface area (TPSA) is 118 Å². The number of hydrogen-bond donors (Lipinski definition) is 3. The zero-order chi connectivity index (χ0) is 16.3. The first-order valence-electron chi connectivity index (χ1n) is 5.80. The van der Waals surface area contributed by atoms with Crippen LogP contribution in [-0.4, -0.2) is 35.7 Å². The average Bonchev–Trinajstić information content (AvgIpc) is 2.25. The van der Waals surface area contributed by atoms with Crippen molar-refractivity contribution in [1.29, 1.82) is 0 Å². The lowest BCUT2D eigenvalue weighted by atomic mass is 10.3. The third-order valence-corrected chi connectivity index (χ3v) is 6.73. The number of halogens is 2. The molecular weight excluding hydrogens is 450 g/mol. The largest absolute Gasteiger partial charge is 0.398 e. The van der Waals surface area contributed by atoms with E-state index in [-0.39, 0.29) is 33.9 Å². The summed E-state index contributed by atoms with van der Waals surface area (Å²) in [5, 5.41) is 0. The normalized spacial score (nSPS) is 12.5. The SMILES string of the molecule is CCNS(=O)(=O)CCNS(=O)(=O)c1c(N)cc(Br)cc1Br. The third-order valence-electron chi connectivity index (χ3n) is 2.33. The van der Waals surface area contributed by atoms with Crippen molar-refractivity contribution in [3.05, 3.63) is 21.1 Å². The fourth-order valence-electron chi connectivity index (χ4n) is 1.54. The number of benzene rings is 1. The average molecular weight is 465 g/mol. The van der Waals surface area contributed by atoms with Crippen LogP contribution in [0.4, 0.5) is 5.69 Å². The summed E-state index contributed by atoms with van der Waals surface area (Å²) < 4.78 is 52.7. The van der Waals surface area contributed by atoms with E-state index in [1.807, 2.05) is 0 Å². The van der Waals surface area contributed by atoms with Gasteiger partial charge in [0.25, 0.3) is 0 Å². The van der Waals surface area contributed by atoms with E-state index >= 15 is 0 Å². The van der Waals surface area contributed by atoms with Crippen LogP contribution in [0.25, 0.3) is 0 Å². The van der Waals surface area contributed by atoms with Gasteiger partial charge in [0.1, 0.15) is 4.90 Å². The highest BCUT2D eigenvalue weighted by atomic mass is 79.9. The smallest absolute Gasteiger partial charge is 0.243 e. The van der Waals surface area contributed by atoms with E-state index in [0.717, 1.165) is 0 Å². The van der Waals surface area contributed by atoms with Crippen molar-refractivity contribution in [3.8, 4) is 0 Å². The lowest BCUT2D eigenvalue weighted by Crippen LogP contribution is -2.34. The number of anilines is 1. The molecule has 1 rings (SSSR count). The van der Waals surface area contributed by atoms with Gasteiger partial charge in [-0.05, 0) is 28.1 Å². The molecule has 0 heterocycles. The van der Waals surface area contributed by atoms with Gasteiger partial charge in [0, 0.05) is 22.0 Å². The fourth-order valence-corrected chi connectivity index (χ4v) is 5.72. The number of rotatable bonds is 7. The minimum absolute atomic E-state index is 0.0540. The van der Waals surface area contributed by atoms with Crippen LogP contribution >= 0.6 is 31.9 Å². The molecule has 7 nitrogen and oxygen atoms in total. The van der Waals surface area contributed by atoms with Crippen molar-refractivity contribution in [2.24, 2.45) is 0 Å². The summed E-state index contributed by atoms with van der Waals surface area (Å²) in [4.78, 5) is -0.119. The predicted octanol–water partition coefficient (Wildman–Crippen LogP) is 1.01. The van der Waals surface area contributed by atoms with E-state index in [4.69, 9.17) is 5.73 Å². The number of nitrogens with two attached hydrogens (primary N) is 1. The summed E-state index contributed by atoms with van der Waals surface area (Å²) in [5.74, 6) is -0.353. The van der Waals surface area contributed by atoms with Gasteiger partial charge in [0.05, 0.1) is 11.4 Å². The fraction of sp³-hybridized carbons (Fsp3) is 0.400. The molecule has 11 heteroatoms. The van der Waals surface area contributed by atoms with Crippen molar-refractivity contribution in [1.82, 2.24) is 9.44 Å². The molecule has 21 heavy (non-hydrogen) atoms. The Balaban J connectivity index is 2.89. The van der Waals surface area contributed by atoms with Gasteiger partial charge in [0.2, 0.25) is 20.0 Å². The van der Waals surface area contributed by atoms with Crippen molar-refractivity contribution >= 4 is 57.6 Å². The molecule has 0 unspecified atom stereocenters. The van der Waals surface area contributed by atoms with Gasteiger partial charge in [-0.2, -0.15) is 0 Å².